The number of unbranched alkanes of at least 4 members (excludes halogenated alkanes) is 3. The maximum absolute atomic E-state index is 13.8. The molecule has 3 aromatic rings. The lowest BCUT2D eigenvalue weighted by Gasteiger charge is -2.30. The molecule has 0 aromatic heterocycles. The topological polar surface area (TPSA) is 143 Å². The molecule has 1 fully saturated rings. The van der Waals surface area contributed by atoms with Gasteiger partial charge in [0.05, 0.1) is 12.7 Å². The molecule has 3 aromatic carbocycles. The van der Waals surface area contributed by atoms with E-state index in [1.807, 2.05) is 42.3 Å². The van der Waals surface area contributed by atoms with Crippen LogP contribution >= 0.6 is 0 Å². The summed E-state index contributed by atoms with van der Waals surface area (Å²) in [5, 5.41) is 6.49. The summed E-state index contributed by atoms with van der Waals surface area (Å²) in [6.07, 6.45) is 3.23. The largest absolute Gasteiger partial charge is 0.496 e. The minimum absolute atomic E-state index is 0.0619. The van der Waals surface area contributed by atoms with E-state index < -0.39 is 17.8 Å². The van der Waals surface area contributed by atoms with Crippen LogP contribution in [-0.4, -0.2) is 90.7 Å². The summed E-state index contributed by atoms with van der Waals surface area (Å²) in [5.41, 5.74) is 0.979. The third kappa shape index (κ3) is 7.02. The van der Waals surface area contributed by atoms with Crippen LogP contribution in [0.4, 0.5) is 0 Å². The highest BCUT2D eigenvalue weighted by molar-refractivity contribution is 6.31. The van der Waals surface area contributed by atoms with Crippen LogP contribution in [0.2, 0.25) is 0 Å². The van der Waals surface area contributed by atoms with Crippen LogP contribution in [0.15, 0.2) is 42.5 Å². The van der Waals surface area contributed by atoms with Crippen molar-refractivity contribution in [3.63, 3.8) is 0 Å². The normalized spacial score (nSPS) is 14.6. The lowest BCUT2D eigenvalue weighted by Crippen LogP contribution is -2.45. The number of likely N-dealkylation sites (N-methyl/N-ethyl adjacent to an activating group) is 1. The Morgan fingerprint density at radius 3 is 2.33 bits per heavy atom. The van der Waals surface area contributed by atoms with Gasteiger partial charge >= 0.3 is 5.97 Å². The smallest absolute Gasteiger partial charge is 0.333 e. The minimum atomic E-state index is -0.615. The van der Waals surface area contributed by atoms with Gasteiger partial charge in [-0.05, 0) is 48.9 Å². The second-order valence-electron chi connectivity index (χ2n) is 11.6. The molecule has 242 valence electrons. The molecule has 0 saturated carbocycles. The summed E-state index contributed by atoms with van der Waals surface area (Å²) in [5.74, 6) is -1.75. The number of fused-ring (bicyclic) bond motifs is 2. The van der Waals surface area contributed by atoms with E-state index in [1.54, 1.807) is 19.2 Å². The van der Waals surface area contributed by atoms with Gasteiger partial charge in [0.25, 0.3) is 23.6 Å². The molecule has 0 unspecified atom stereocenters. The molecule has 2 aliphatic rings. The number of imide groups is 2. The van der Waals surface area contributed by atoms with Gasteiger partial charge in [-0.2, -0.15) is 0 Å². The van der Waals surface area contributed by atoms with E-state index in [4.69, 9.17) is 9.57 Å². The van der Waals surface area contributed by atoms with Crippen molar-refractivity contribution in [1.29, 1.82) is 0 Å². The van der Waals surface area contributed by atoms with Gasteiger partial charge in [-0.3, -0.25) is 28.9 Å². The third-order valence-electron chi connectivity index (χ3n) is 8.39. The molecule has 0 radical (unpaired) electrons. The maximum Gasteiger partial charge on any atom is 0.333 e. The average molecular weight is 631 g/mol. The molecule has 2 heterocycles. The number of benzene rings is 3. The predicted octanol–water partition coefficient (Wildman–Crippen LogP) is 3.59. The number of nitrogens with one attached hydrogen (secondary N) is 1. The Bertz CT molecular complexity index is 1690. The monoisotopic (exact) mass is 630 g/mol. The van der Waals surface area contributed by atoms with Gasteiger partial charge in [-0.25, -0.2) is 4.79 Å². The zero-order valence-electron chi connectivity index (χ0n) is 26.1. The first-order valence-electron chi connectivity index (χ1n) is 15.6. The van der Waals surface area contributed by atoms with Crippen molar-refractivity contribution < 1.29 is 38.3 Å². The van der Waals surface area contributed by atoms with E-state index in [0.29, 0.717) is 72.6 Å². The van der Waals surface area contributed by atoms with Crippen molar-refractivity contribution in [1.82, 2.24) is 20.2 Å². The maximum atomic E-state index is 13.8. The van der Waals surface area contributed by atoms with Crippen LogP contribution in [0.1, 0.15) is 72.1 Å². The molecule has 1 N–H and O–H groups in total. The molecular formula is C34H38N4O8. The molecule has 0 spiro atoms. The van der Waals surface area contributed by atoms with E-state index >= 15 is 0 Å². The lowest BCUT2D eigenvalue weighted by molar-refractivity contribution is -0.197. The predicted molar refractivity (Wildman–Crippen MR) is 169 cm³/mol. The number of hydrogen-bond donors (Lipinski definition) is 1. The number of hydroxylamine groups is 2. The number of carbonyl (C=O) groups excluding carboxylic acids is 6. The quantitative estimate of drug-likeness (QED) is 0.151. The highest BCUT2D eigenvalue weighted by atomic mass is 16.7. The zero-order chi connectivity index (χ0) is 32.8. The van der Waals surface area contributed by atoms with Crippen molar-refractivity contribution in [2.45, 2.75) is 51.4 Å². The number of rotatable bonds is 15. The Morgan fingerprint density at radius 1 is 0.870 bits per heavy atom. The van der Waals surface area contributed by atoms with Crippen LogP contribution in [0.25, 0.3) is 21.5 Å². The standard InChI is InChI=1S/C34H38N4O8/c1-36(18-17-35-27(39)11-5-3-4-6-12-30(42)46-38-28(40)15-16-29(38)41)19-20-37-33(43)24-13-14-26(45-2)25-21-22-9-7-8-10-23(22)32(31(24)25)34(37)44/h7-10,13-14,21H,3-6,11-12,15-20H2,1-2H3,(H,35,39). The molecule has 12 nitrogen and oxygen atoms in total. The lowest BCUT2D eigenvalue weighted by atomic mass is 9.89. The molecule has 46 heavy (non-hydrogen) atoms. The molecule has 5 rings (SSSR count). The van der Waals surface area contributed by atoms with Crippen molar-refractivity contribution >= 4 is 57.1 Å². The molecule has 1 saturated heterocycles. The molecule has 0 bridgehead atoms. The fourth-order valence-electron chi connectivity index (χ4n) is 5.88. The number of methoxy groups -OCH3 is 1. The second kappa shape index (κ2) is 14.5. The van der Waals surface area contributed by atoms with E-state index in [0.717, 1.165) is 22.6 Å². The Kier molecular flexibility index (Phi) is 10.3. The van der Waals surface area contributed by atoms with Crippen LogP contribution in [0, 0.1) is 0 Å². The highest BCUT2D eigenvalue weighted by Gasteiger charge is 2.35. The Morgan fingerprint density at radius 2 is 1.59 bits per heavy atom. The number of hydrogen-bond acceptors (Lipinski definition) is 9. The van der Waals surface area contributed by atoms with Crippen LogP contribution in [-0.2, 0) is 24.0 Å². The van der Waals surface area contributed by atoms with Gasteiger partial charge in [0.15, 0.2) is 0 Å². The van der Waals surface area contributed by atoms with Gasteiger partial charge < -0.3 is 19.8 Å². The summed E-state index contributed by atoms with van der Waals surface area (Å²) >= 11 is 0. The van der Waals surface area contributed by atoms with Gasteiger partial charge in [0.2, 0.25) is 5.91 Å². The van der Waals surface area contributed by atoms with Crippen molar-refractivity contribution in [3.8, 4) is 5.75 Å². The third-order valence-corrected chi connectivity index (χ3v) is 8.39. The first-order valence-corrected chi connectivity index (χ1v) is 15.6. The highest BCUT2D eigenvalue weighted by Crippen LogP contribution is 2.39. The Labute approximate surface area is 266 Å². The zero-order valence-corrected chi connectivity index (χ0v) is 26.1. The van der Waals surface area contributed by atoms with Gasteiger partial charge in [0.1, 0.15) is 5.75 Å². The van der Waals surface area contributed by atoms with Gasteiger partial charge in [-0.1, -0.05) is 37.1 Å². The minimum Gasteiger partial charge on any atom is -0.496 e. The molecular weight excluding hydrogens is 592 g/mol. The Balaban J connectivity index is 1.03. The fourth-order valence-corrected chi connectivity index (χ4v) is 5.88. The molecule has 0 aliphatic carbocycles. The van der Waals surface area contributed by atoms with E-state index in [1.165, 1.54) is 4.90 Å². The fraction of sp³-hybridized carbons (Fsp3) is 0.412. The van der Waals surface area contributed by atoms with Crippen LogP contribution in [0.3, 0.4) is 0 Å². The van der Waals surface area contributed by atoms with Crippen molar-refractivity contribution in [2.24, 2.45) is 0 Å². The number of amides is 5. The summed E-state index contributed by atoms with van der Waals surface area (Å²) in [7, 11) is 3.45. The molecule has 0 atom stereocenters. The molecule has 5 amide bonds. The van der Waals surface area contributed by atoms with E-state index in [2.05, 4.69) is 5.32 Å². The summed E-state index contributed by atoms with van der Waals surface area (Å²) < 4.78 is 5.55. The first-order chi connectivity index (χ1) is 22.2. The van der Waals surface area contributed by atoms with Crippen molar-refractivity contribution in [2.75, 3.05) is 40.3 Å². The van der Waals surface area contributed by atoms with Crippen LogP contribution in [0.5, 0.6) is 5.75 Å². The Hall–Kier alpha value is -4.84. The van der Waals surface area contributed by atoms with Gasteiger partial charge in [-0.15, -0.1) is 5.06 Å². The number of carbonyl (C=O) groups is 6. The first kappa shape index (κ1) is 32.6. The number of nitrogens with zero attached hydrogens (tertiary/aromatic N) is 3. The summed E-state index contributed by atoms with van der Waals surface area (Å²) in [4.78, 5) is 82.5. The average Bonchev–Trinajstić information content (AvgIpc) is 3.36. The summed E-state index contributed by atoms with van der Waals surface area (Å²) in [6, 6.07) is 13.1. The second-order valence-corrected chi connectivity index (χ2v) is 11.6. The molecule has 2 aliphatic heterocycles. The summed E-state index contributed by atoms with van der Waals surface area (Å²) in [6.45, 7) is 1.60. The SMILES string of the molecule is COc1ccc2c3c(c4ccccc4cc13)C(=O)N(CCN(C)CCNC(=O)CCCCCCC(=O)ON1C(=O)CCC1=O)C2=O. The van der Waals surface area contributed by atoms with E-state index in [9.17, 15) is 28.8 Å². The van der Waals surface area contributed by atoms with E-state index in [-0.39, 0.29) is 43.5 Å². The van der Waals surface area contributed by atoms with Gasteiger partial charge in [0, 0.05) is 68.2 Å². The van der Waals surface area contributed by atoms with Crippen molar-refractivity contribution in [3.05, 3.63) is 53.6 Å². The number of ether oxygens (including phenoxy) is 1. The molecule has 12 heteroatoms. The van der Waals surface area contributed by atoms with Crippen LogP contribution < -0.4 is 10.1 Å².